The third-order valence-electron chi connectivity index (χ3n) is 4.11. The molecule has 0 spiro atoms. The monoisotopic (exact) mass is 358 g/mol. The fourth-order valence-corrected chi connectivity index (χ4v) is 3.63. The van der Waals surface area contributed by atoms with Gasteiger partial charge in [-0.05, 0) is 25.2 Å². The lowest BCUT2D eigenvalue weighted by molar-refractivity contribution is -0.119. The number of carbonyl (C=O) groups is 1. The van der Waals surface area contributed by atoms with Gasteiger partial charge in [0.25, 0.3) is 5.91 Å². The molecule has 1 aromatic carbocycles. The van der Waals surface area contributed by atoms with Crippen LogP contribution in [0.4, 0.5) is 5.13 Å². The minimum atomic E-state index is -0.0308. The molecule has 0 saturated heterocycles. The fourth-order valence-electron chi connectivity index (χ4n) is 2.62. The first-order valence-corrected chi connectivity index (χ1v) is 9.23. The van der Waals surface area contributed by atoms with Gasteiger partial charge in [-0.1, -0.05) is 37.3 Å². The highest BCUT2D eigenvalue weighted by Crippen LogP contribution is 2.28. The van der Waals surface area contributed by atoms with Crippen LogP contribution in [0.15, 0.2) is 36.9 Å². The van der Waals surface area contributed by atoms with E-state index in [1.165, 1.54) is 6.33 Å². The first kappa shape index (κ1) is 17.5. The van der Waals surface area contributed by atoms with Crippen LogP contribution in [0.3, 0.4) is 0 Å². The van der Waals surface area contributed by atoms with Crippen molar-refractivity contribution in [2.75, 3.05) is 31.1 Å². The largest absolute Gasteiger partial charge is 0.302 e. The molecule has 0 fully saturated rings. The van der Waals surface area contributed by atoms with E-state index in [2.05, 4.69) is 33.8 Å². The molecule has 0 aliphatic heterocycles. The minimum Gasteiger partial charge on any atom is -0.302 e. The second kappa shape index (κ2) is 8.17. The maximum absolute atomic E-state index is 12.9. The molecular formula is C17H22N6OS. The number of aromatic nitrogens is 4. The summed E-state index contributed by atoms with van der Waals surface area (Å²) in [4.78, 5) is 25.5. The highest BCUT2D eigenvalue weighted by Gasteiger charge is 2.21. The molecule has 2 aromatic heterocycles. The highest BCUT2D eigenvalue weighted by molar-refractivity contribution is 7.22. The Bertz CT molecular complexity index is 779. The van der Waals surface area contributed by atoms with E-state index >= 15 is 0 Å². The predicted molar refractivity (Wildman–Crippen MR) is 99.8 cm³/mol. The van der Waals surface area contributed by atoms with Crippen LogP contribution in [0.5, 0.6) is 0 Å². The molecule has 25 heavy (non-hydrogen) atoms. The van der Waals surface area contributed by atoms with E-state index in [9.17, 15) is 4.79 Å². The summed E-state index contributed by atoms with van der Waals surface area (Å²) in [5, 5.41) is 4.77. The lowest BCUT2D eigenvalue weighted by Gasteiger charge is -2.24. The van der Waals surface area contributed by atoms with Crippen LogP contribution in [0.25, 0.3) is 10.2 Å². The van der Waals surface area contributed by atoms with Gasteiger partial charge in [0, 0.05) is 13.1 Å². The van der Waals surface area contributed by atoms with E-state index < -0.39 is 0 Å². The molecule has 132 valence electrons. The second-order valence-electron chi connectivity index (χ2n) is 5.63. The van der Waals surface area contributed by atoms with Gasteiger partial charge in [0.05, 0.1) is 10.2 Å². The molecule has 0 saturated carbocycles. The summed E-state index contributed by atoms with van der Waals surface area (Å²) >= 11 is 1.54. The van der Waals surface area contributed by atoms with Crippen molar-refractivity contribution in [3.05, 3.63) is 36.9 Å². The van der Waals surface area contributed by atoms with Crippen molar-refractivity contribution >= 4 is 32.6 Å². The number of benzene rings is 1. The molecule has 0 atom stereocenters. The number of para-hydroxylation sites is 1. The molecule has 0 aliphatic rings. The third kappa shape index (κ3) is 4.21. The molecule has 0 unspecified atom stereocenters. The number of nitrogens with zero attached hydrogens (tertiary/aromatic N) is 6. The average molecular weight is 358 g/mol. The average Bonchev–Trinajstić information content (AvgIpc) is 3.27. The molecule has 0 aliphatic carbocycles. The second-order valence-corrected chi connectivity index (χ2v) is 6.64. The number of anilines is 1. The molecule has 3 aromatic rings. The van der Waals surface area contributed by atoms with Gasteiger partial charge in [0.15, 0.2) is 5.13 Å². The Kier molecular flexibility index (Phi) is 5.72. The zero-order chi connectivity index (χ0) is 17.6. The number of fused-ring (bicyclic) bond motifs is 1. The van der Waals surface area contributed by atoms with E-state index in [1.807, 2.05) is 24.3 Å². The van der Waals surface area contributed by atoms with Crippen molar-refractivity contribution in [2.24, 2.45) is 0 Å². The molecule has 1 amide bonds. The number of likely N-dealkylation sites (N-methyl/N-ethyl adjacent to an activating group) is 1. The van der Waals surface area contributed by atoms with E-state index in [1.54, 1.807) is 27.2 Å². The standard InChI is InChI=1S/C17H22N6OS/c1-3-21(4-2)9-10-23(16(24)11-22-13-18-12-19-22)17-20-14-7-5-6-8-15(14)25-17/h5-8,12-13H,3-4,9-11H2,1-2H3. The lowest BCUT2D eigenvalue weighted by Crippen LogP contribution is -2.40. The van der Waals surface area contributed by atoms with Gasteiger partial charge in [-0.2, -0.15) is 5.10 Å². The van der Waals surface area contributed by atoms with Gasteiger partial charge in [0.2, 0.25) is 0 Å². The van der Waals surface area contributed by atoms with E-state index in [0.717, 1.165) is 35.0 Å². The summed E-state index contributed by atoms with van der Waals surface area (Å²) in [5.41, 5.74) is 0.920. The molecule has 3 rings (SSSR count). The molecular weight excluding hydrogens is 336 g/mol. The predicted octanol–water partition coefficient (Wildman–Crippen LogP) is 2.26. The van der Waals surface area contributed by atoms with Gasteiger partial charge in [-0.15, -0.1) is 0 Å². The van der Waals surface area contributed by atoms with Gasteiger partial charge >= 0.3 is 0 Å². The summed E-state index contributed by atoms with van der Waals surface area (Å²) in [6, 6.07) is 7.95. The molecule has 8 heteroatoms. The summed E-state index contributed by atoms with van der Waals surface area (Å²) in [6.07, 6.45) is 2.99. The number of rotatable bonds is 8. The minimum absolute atomic E-state index is 0.0308. The molecule has 2 heterocycles. The van der Waals surface area contributed by atoms with Crippen molar-refractivity contribution in [2.45, 2.75) is 20.4 Å². The van der Waals surface area contributed by atoms with Crippen LogP contribution in [0.1, 0.15) is 13.8 Å². The zero-order valence-electron chi connectivity index (χ0n) is 14.5. The maximum Gasteiger partial charge on any atom is 0.250 e. The summed E-state index contributed by atoms with van der Waals surface area (Å²) in [7, 11) is 0. The number of carbonyl (C=O) groups excluding carboxylic acids is 1. The van der Waals surface area contributed by atoms with Gasteiger partial charge in [0.1, 0.15) is 19.2 Å². The smallest absolute Gasteiger partial charge is 0.250 e. The SMILES string of the molecule is CCN(CC)CCN(C(=O)Cn1cncn1)c1nc2ccccc2s1. The van der Waals surface area contributed by atoms with E-state index in [4.69, 9.17) is 0 Å². The Morgan fingerprint density at radius 2 is 2.00 bits per heavy atom. The van der Waals surface area contributed by atoms with Gasteiger partial charge < -0.3 is 4.90 Å². The zero-order valence-corrected chi connectivity index (χ0v) is 15.3. The van der Waals surface area contributed by atoms with Crippen LogP contribution in [-0.4, -0.2) is 56.7 Å². The Morgan fingerprint density at radius 1 is 1.20 bits per heavy atom. The Hall–Kier alpha value is -2.32. The third-order valence-corrected chi connectivity index (χ3v) is 5.17. The van der Waals surface area contributed by atoms with Crippen LogP contribution in [-0.2, 0) is 11.3 Å². The summed E-state index contributed by atoms with van der Waals surface area (Å²) in [5.74, 6) is -0.0308. The normalized spacial score (nSPS) is 11.3. The van der Waals surface area contributed by atoms with Crippen LogP contribution in [0.2, 0.25) is 0 Å². The first-order chi connectivity index (χ1) is 12.2. The van der Waals surface area contributed by atoms with Crippen LogP contribution >= 0.6 is 11.3 Å². The number of thiazole rings is 1. The fraction of sp³-hybridized carbons (Fsp3) is 0.412. The van der Waals surface area contributed by atoms with Crippen LogP contribution in [0, 0.1) is 0 Å². The molecule has 7 nitrogen and oxygen atoms in total. The Balaban J connectivity index is 1.83. The highest BCUT2D eigenvalue weighted by atomic mass is 32.1. The maximum atomic E-state index is 12.9. The number of hydrogen-bond acceptors (Lipinski definition) is 6. The molecule has 0 N–H and O–H groups in total. The van der Waals surface area contributed by atoms with Gasteiger partial charge in [-0.25, -0.2) is 14.6 Å². The first-order valence-electron chi connectivity index (χ1n) is 8.42. The number of hydrogen-bond donors (Lipinski definition) is 0. The topological polar surface area (TPSA) is 67.2 Å². The Morgan fingerprint density at radius 3 is 2.68 bits per heavy atom. The van der Waals surface area contributed by atoms with E-state index in [0.29, 0.717) is 6.54 Å². The van der Waals surface area contributed by atoms with Crippen molar-refractivity contribution in [1.29, 1.82) is 0 Å². The summed E-state index contributed by atoms with van der Waals surface area (Å²) in [6.45, 7) is 7.75. The van der Waals surface area contributed by atoms with Crippen molar-refractivity contribution in [3.63, 3.8) is 0 Å². The molecule has 0 radical (unpaired) electrons. The summed E-state index contributed by atoms with van der Waals surface area (Å²) < 4.78 is 2.62. The van der Waals surface area contributed by atoms with Crippen molar-refractivity contribution < 1.29 is 4.79 Å². The van der Waals surface area contributed by atoms with Crippen molar-refractivity contribution in [1.82, 2.24) is 24.6 Å². The lowest BCUT2D eigenvalue weighted by atomic mass is 10.3. The van der Waals surface area contributed by atoms with Crippen molar-refractivity contribution in [3.8, 4) is 0 Å². The molecule has 0 bridgehead atoms. The van der Waals surface area contributed by atoms with E-state index in [-0.39, 0.29) is 12.5 Å². The van der Waals surface area contributed by atoms with Gasteiger partial charge in [-0.3, -0.25) is 9.69 Å². The quantitative estimate of drug-likeness (QED) is 0.618. The Labute approximate surface area is 150 Å². The van der Waals surface area contributed by atoms with Crippen LogP contribution < -0.4 is 4.90 Å². The number of amides is 1.